The van der Waals surface area contributed by atoms with Gasteiger partial charge in [-0.1, -0.05) is 51.2 Å². The van der Waals surface area contributed by atoms with E-state index in [9.17, 15) is 28.7 Å². The van der Waals surface area contributed by atoms with Gasteiger partial charge < -0.3 is 25.3 Å². The lowest BCUT2D eigenvalue weighted by molar-refractivity contribution is -0.136. The second-order valence-corrected chi connectivity index (χ2v) is 11.1. The zero-order valence-corrected chi connectivity index (χ0v) is 21.9. The predicted octanol–water partition coefficient (Wildman–Crippen LogP) is 2.25. The Morgan fingerprint density at radius 2 is 1.69 bits per heavy atom. The minimum atomic E-state index is -4.37. The Morgan fingerprint density at radius 3 is 2.23 bits per heavy atom. The molecule has 4 N–H and O–H groups in total. The van der Waals surface area contributed by atoms with Crippen molar-refractivity contribution in [2.45, 2.75) is 83.7 Å². The maximum absolute atomic E-state index is 13.0. The van der Waals surface area contributed by atoms with Crippen LogP contribution in [0.4, 0.5) is 0 Å². The van der Waals surface area contributed by atoms with Crippen molar-refractivity contribution in [3.63, 3.8) is 0 Å². The van der Waals surface area contributed by atoms with Crippen LogP contribution in [0.2, 0.25) is 0 Å². The Bertz CT molecular complexity index is 895. The van der Waals surface area contributed by atoms with E-state index in [2.05, 4.69) is 10.6 Å². The van der Waals surface area contributed by atoms with Gasteiger partial charge in [-0.05, 0) is 42.9 Å². The van der Waals surface area contributed by atoms with Gasteiger partial charge in [0.15, 0.2) is 0 Å². The molecular weight excluding hydrogens is 469 g/mol. The highest BCUT2D eigenvalue weighted by Gasteiger charge is 2.27. The van der Waals surface area contributed by atoms with Gasteiger partial charge in [0, 0.05) is 26.9 Å². The molecule has 2 atom stereocenters. The van der Waals surface area contributed by atoms with Crippen LogP contribution in [0.1, 0.15) is 70.8 Å². The average Bonchev–Trinajstić information content (AvgIpc) is 2.81. The molecule has 0 bridgehead atoms. The number of carbonyl (C=O) groups excluding carboxylic acids is 3. The molecule has 3 amide bonds. The maximum Gasteiger partial charge on any atom is 0.356 e. The molecule has 0 radical (unpaired) electrons. The summed E-state index contributed by atoms with van der Waals surface area (Å²) in [7, 11) is -2.61. The number of nitrogens with one attached hydrogen (secondary N) is 2. The fourth-order valence-electron chi connectivity index (χ4n) is 4.60. The van der Waals surface area contributed by atoms with Crippen molar-refractivity contribution in [2.75, 3.05) is 13.6 Å². The molecule has 1 aliphatic rings. The van der Waals surface area contributed by atoms with Gasteiger partial charge in [-0.25, -0.2) is 0 Å². The summed E-state index contributed by atoms with van der Waals surface area (Å²) < 4.78 is 11.4. The number of likely N-dealkylation sites (N-methyl/N-ethyl adjacent to an activating group) is 1. The molecule has 1 aromatic carbocycles. The molecule has 1 saturated carbocycles. The van der Waals surface area contributed by atoms with E-state index < -0.39 is 31.5 Å². The lowest BCUT2D eigenvalue weighted by Gasteiger charge is -2.27. The van der Waals surface area contributed by atoms with Crippen molar-refractivity contribution in [1.29, 1.82) is 0 Å². The first-order valence-electron chi connectivity index (χ1n) is 12.5. The van der Waals surface area contributed by atoms with Gasteiger partial charge in [0.1, 0.15) is 12.1 Å². The highest BCUT2D eigenvalue weighted by Crippen LogP contribution is 2.32. The first-order valence-corrected chi connectivity index (χ1v) is 14.1. The molecule has 0 saturated heterocycles. The lowest BCUT2D eigenvalue weighted by atomic mass is 9.86. The van der Waals surface area contributed by atoms with Crippen LogP contribution in [0, 0.1) is 5.92 Å². The van der Waals surface area contributed by atoms with Crippen LogP contribution in [-0.4, -0.2) is 58.1 Å². The van der Waals surface area contributed by atoms with E-state index in [1.54, 1.807) is 11.9 Å². The number of hydrogen-bond donors (Lipinski definition) is 4. The second kappa shape index (κ2) is 13.8. The second-order valence-electron chi connectivity index (χ2n) is 9.54. The molecule has 10 heteroatoms. The van der Waals surface area contributed by atoms with Gasteiger partial charge >= 0.3 is 7.60 Å². The Kier molecular flexibility index (Phi) is 11.4. The summed E-state index contributed by atoms with van der Waals surface area (Å²) in [5.41, 5.74) is 0.621. The number of nitrogens with zero attached hydrogens (tertiary/aromatic N) is 1. The van der Waals surface area contributed by atoms with E-state index in [1.807, 2.05) is 6.92 Å². The Morgan fingerprint density at radius 1 is 1.06 bits per heavy atom. The summed E-state index contributed by atoms with van der Waals surface area (Å²) in [6, 6.07) is 4.01. The molecular formula is C25H40N3O6P. The van der Waals surface area contributed by atoms with Crippen molar-refractivity contribution in [2.24, 2.45) is 5.92 Å². The highest BCUT2D eigenvalue weighted by molar-refractivity contribution is 7.60. The number of hydrogen-bond acceptors (Lipinski definition) is 4. The van der Waals surface area contributed by atoms with E-state index in [-0.39, 0.29) is 17.6 Å². The molecule has 2 rings (SSSR count). The maximum atomic E-state index is 13.0. The molecule has 0 unspecified atom stereocenters. The van der Waals surface area contributed by atoms with Crippen LogP contribution in [0.15, 0.2) is 24.3 Å². The van der Waals surface area contributed by atoms with Gasteiger partial charge in [-0.3, -0.25) is 18.9 Å². The van der Waals surface area contributed by atoms with E-state index in [0.29, 0.717) is 18.5 Å². The van der Waals surface area contributed by atoms with Crippen molar-refractivity contribution < 1.29 is 28.7 Å². The standard InChI is InChI=1S/C25H40N3O6P/c1-4-22(25(31)28(3)16-8-11-19-9-6-5-7-10-19)27-24(30)23(26-18(2)29)17-20-12-14-21(15-13-20)35(32,33)34/h12-15,19,22-23H,4-11,16-17H2,1-3H3,(H,26,29)(H,27,30)(H2,32,33,34)/t22-,23+/m1/s1. The van der Waals surface area contributed by atoms with Gasteiger partial charge in [-0.15, -0.1) is 0 Å². The number of benzene rings is 1. The molecule has 196 valence electrons. The molecule has 1 aromatic rings. The van der Waals surface area contributed by atoms with Gasteiger partial charge in [0.25, 0.3) is 0 Å². The molecule has 0 aliphatic heterocycles. The van der Waals surface area contributed by atoms with Gasteiger partial charge in [-0.2, -0.15) is 0 Å². The lowest BCUT2D eigenvalue weighted by Crippen LogP contribution is -2.54. The Labute approximate surface area is 208 Å². The van der Waals surface area contributed by atoms with Crippen molar-refractivity contribution in [3.8, 4) is 0 Å². The summed E-state index contributed by atoms with van der Waals surface area (Å²) >= 11 is 0. The molecule has 0 spiro atoms. The van der Waals surface area contributed by atoms with E-state index in [4.69, 9.17) is 0 Å². The summed E-state index contributed by atoms with van der Waals surface area (Å²) in [4.78, 5) is 57.9. The average molecular weight is 510 g/mol. The monoisotopic (exact) mass is 509 g/mol. The van der Waals surface area contributed by atoms with Crippen molar-refractivity contribution >= 4 is 30.6 Å². The zero-order valence-electron chi connectivity index (χ0n) is 21.0. The smallest absolute Gasteiger partial charge is 0.344 e. The van der Waals surface area contributed by atoms with Gasteiger partial charge in [0.05, 0.1) is 5.30 Å². The normalized spacial score (nSPS) is 16.3. The van der Waals surface area contributed by atoms with Crippen LogP contribution in [-0.2, 0) is 25.4 Å². The first-order chi connectivity index (χ1) is 16.5. The molecule has 9 nitrogen and oxygen atoms in total. The molecule has 35 heavy (non-hydrogen) atoms. The fourth-order valence-corrected chi connectivity index (χ4v) is 5.13. The SMILES string of the molecule is CC[C@@H](NC(=O)[C@H](Cc1ccc(P(=O)(O)O)cc1)NC(C)=O)C(=O)N(C)CCCC1CCCCC1. The number of amides is 3. The van der Waals surface area contributed by atoms with Crippen molar-refractivity contribution in [3.05, 3.63) is 29.8 Å². The summed E-state index contributed by atoms with van der Waals surface area (Å²) in [5, 5.41) is 5.27. The Balaban J connectivity index is 1.96. The number of carbonyl (C=O) groups is 3. The van der Waals surface area contributed by atoms with Crippen LogP contribution >= 0.6 is 7.60 Å². The highest BCUT2D eigenvalue weighted by atomic mass is 31.2. The quantitative estimate of drug-likeness (QED) is 0.319. The van der Waals surface area contributed by atoms with Gasteiger partial charge in [0.2, 0.25) is 17.7 Å². The van der Waals surface area contributed by atoms with Crippen LogP contribution < -0.4 is 15.9 Å². The zero-order chi connectivity index (χ0) is 26.0. The van der Waals surface area contributed by atoms with Crippen LogP contribution in [0.5, 0.6) is 0 Å². The third kappa shape index (κ3) is 9.74. The molecule has 1 fully saturated rings. The minimum Gasteiger partial charge on any atom is -0.344 e. The van der Waals surface area contributed by atoms with Crippen LogP contribution in [0.3, 0.4) is 0 Å². The van der Waals surface area contributed by atoms with E-state index in [0.717, 1.165) is 18.8 Å². The van der Waals surface area contributed by atoms with Crippen molar-refractivity contribution in [1.82, 2.24) is 15.5 Å². The third-order valence-corrected chi connectivity index (χ3v) is 7.61. The first kappa shape index (κ1) is 29.0. The largest absolute Gasteiger partial charge is 0.356 e. The fraction of sp³-hybridized carbons (Fsp3) is 0.640. The number of rotatable bonds is 12. The Hall–Kier alpha value is -2.22. The van der Waals surface area contributed by atoms with E-state index in [1.165, 1.54) is 63.3 Å². The molecule has 0 aromatic heterocycles. The summed E-state index contributed by atoms with van der Waals surface area (Å²) in [6.07, 6.45) is 9.07. The predicted molar refractivity (Wildman–Crippen MR) is 135 cm³/mol. The summed E-state index contributed by atoms with van der Waals surface area (Å²) in [5.74, 6) is -0.272. The minimum absolute atomic E-state index is 0.120. The molecule has 1 aliphatic carbocycles. The van der Waals surface area contributed by atoms with E-state index >= 15 is 0 Å². The summed E-state index contributed by atoms with van der Waals surface area (Å²) in [6.45, 7) is 3.77. The third-order valence-electron chi connectivity index (χ3n) is 6.64. The molecule has 0 heterocycles. The van der Waals surface area contributed by atoms with Crippen LogP contribution in [0.25, 0.3) is 0 Å². The topological polar surface area (TPSA) is 136 Å².